The van der Waals surface area contributed by atoms with Gasteiger partial charge in [-0.3, -0.25) is 19.3 Å². The standard InChI is InChI=1S/C21H23N5O5/c22-13-15-21(31-20(24-15)16-3-1-12-30-16)25-10-6-14(7-11-25)19(29)23-8-2-9-26-17(27)4-5-18(26)28/h1,3,12,14H,2,4-11H2,(H,23,29). The zero-order chi connectivity index (χ0) is 21.8. The van der Waals surface area contributed by atoms with E-state index in [4.69, 9.17) is 8.83 Å². The summed E-state index contributed by atoms with van der Waals surface area (Å²) in [5.41, 5.74) is 0.195. The van der Waals surface area contributed by atoms with Crippen LogP contribution in [0.2, 0.25) is 0 Å². The van der Waals surface area contributed by atoms with E-state index < -0.39 is 0 Å². The molecule has 2 aliphatic heterocycles. The molecule has 2 aromatic rings. The Morgan fingerprint density at radius 1 is 1.26 bits per heavy atom. The minimum atomic E-state index is -0.136. The minimum absolute atomic E-state index is 0.0342. The molecule has 2 aromatic heterocycles. The van der Waals surface area contributed by atoms with Crippen molar-refractivity contribution in [1.82, 2.24) is 15.2 Å². The topological polar surface area (TPSA) is 133 Å². The fraction of sp³-hybridized carbons (Fsp3) is 0.476. The van der Waals surface area contributed by atoms with Gasteiger partial charge in [-0.2, -0.15) is 10.2 Å². The van der Waals surface area contributed by atoms with Crippen molar-refractivity contribution in [2.24, 2.45) is 5.92 Å². The maximum absolute atomic E-state index is 12.5. The summed E-state index contributed by atoms with van der Waals surface area (Å²) in [6.07, 6.45) is 3.86. The number of anilines is 1. The summed E-state index contributed by atoms with van der Waals surface area (Å²) in [6.45, 7) is 1.90. The Bertz CT molecular complexity index is 982. The normalized spacial score (nSPS) is 17.3. The molecule has 2 fully saturated rings. The predicted molar refractivity (Wildman–Crippen MR) is 107 cm³/mol. The highest BCUT2D eigenvalue weighted by Gasteiger charge is 2.30. The van der Waals surface area contributed by atoms with E-state index in [0.29, 0.717) is 57.1 Å². The van der Waals surface area contributed by atoms with E-state index >= 15 is 0 Å². The van der Waals surface area contributed by atoms with E-state index in [1.165, 1.54) is 11.2 Å². The Kier molecular flexibility index (Phi) is 6.02. The zero-order valence-corrected chi connectivity index (χ0v) is 17.0. The van der Waals surface area contributed by atoms with Crippen LogP contribution in [-0.4, -0.2) is 53.8 Å². The van der Waals surface area contributed by atoms with Crippen molar-refractivity contribution in [1.29, 1.82) is 5.26 Å². The highest BCUT2D eigenvalue weighted by Crippen LogP contribution is 2.31. The van der Waals surface area contributed by atoms with Gasteiger partial charge >= 0.3 is 0 Å². The molecule has 3 amide bonds. The Balaban J connectivity index is 1.25. The van der Waals surface area contributed by atoms with Crippen molar-refractivity contribution in [2.75, 3.05) is 31.1 Å². The Morgan fingerprint density at radius 3 is 2.65 bits per heavy atom. The van der Waals surface area contributed by atoms with Crippen molar-refractivity contribution >= 4 is 23.6 Å². The van der Waals surface area contributed by atoms with Gasteiger partial charge < -0.3 is 19.1 Å². The van der Waals surface area contributed by atoms with Gasteiger partial charge in [0.15, 0.2) is 5.76 Å². The number of hydrogen-bond donors (Lipinski definition) is 1. The van der Waals surface area contributed by atoms with Gasteiger partial charge in [-0.1, -0.05) is 0 Å². The maximum atomic E-state index is 12.5. The molecule has 2 aliphatic rings. The molecule has 10 heteroatoms. The number of imide groups is 1. The summed E-state index contributed by atoms with van der Waals surface area (Å²) >= 11 is 0. The average Bonchev–Trinajstić information content (AvgIpc) is 3.52. The average molecular weight is 425 g/mol. The first kappa shape index (κ1) is 20.7. The molecule has 0 radical (unpaired) electrons. The third kappa shape index (κ3) is 4.45. The zero-order valence-electron chi connectivity index (χ0n) is 17.0. The number of aromatic nitrogens is 1. The van der Waals surface area contributed by atoms with Crippen LogP contribution in [0.4, 0.5) is 5.88 Å². The molecule has 31 heavy (non-hydrogen) atoms. The number of nitriles is 1. The van der Waals surface area contributed by atoms with Crippen molar-refractivity contribution in [2.45, 2.75) is 32.1 Å². The third-order valence-electron chi connectivity index (χ3n) is 5.61. The van der Waals surface area contributed by atoms with Crippen LogP contribution in [0.5, 0.6) is 0 Å². The third-order valence-corrected chi connectivity index (χ3v) is 5.61. The number of carbonyl (C=O) groups is 3. The van der Waals surface area contributed by atoms with Gasteiger partial charge in [0.2, 0.25) is 29.3 Å². The van der Waals surface area contributed by atoms with Crippen molar-refractivity contribution < 1.29 is 23.2 Å². The van der Waals surface area contributed by atoms with Gasteiger partial charge in [0.25, 0.3) is 5.89 Å². The second kappa shape index (κ2) is 9.04. The number of oxazole rings is 1. The van der Waals surface area contributed by atoms with Gasteiger partial charge in [0, 0.05) is 44.9 Å². The Labute approximate surface area is 178 Å². The van der Waals surface area contributed by atoms with Crippen LogP contribution in [0.15, 0.2) is 27.2 Å². The molecular weight excluding hydrogens is 402 g/mol. The lowest BCUT2D eigenvalue weighted by molar-refractivity contribution is -0.138. The second-order valence-electron chi connectivity index (χ2n) is 7.61. The van der Waals surface area contributed by atoms with E-state index in [0.717, 1.165) is 0 Å². The van der Waals surface area contributed by atoms with Crippen LogP contribution in [0.3, 0.4) is 0 Å². The molecule has 162 valence electrons. The first-order valence-corrected chi connectivity index (χ1v) is 10.4. The molecule has 4 heterocycles. The fourth-order valence-corrected chi connectivity index (χ4v) is 3.92. The largest absolute Gasteiger partial charge is 0.459 e. The van der Waals surface area contributed by atoms with Gasteiger partial charge in [-0.25, -0.2) is 0 Å². The SMILES string of the molecule is N#Cc1nc(-c2ccco2)oc1N1CCC(C(=O)NCCCN2C(=O)CCC2=O)CC1. The highest BCUT2D eigenvalue weighted by atomic mass is 16.4. The van der Waals surface area contributed by atoms with E-state index in [1.807, 2.05) is 4.90 Å². The molecule has 10 nitrogen and oxygen atoms in total. The Hall–Kier alpha value is -3.61. The summed E-state index contributed by atoms with van der Waals surface area (Å²) < 4.78 is 11.1. The van der Waals surface area contributed by atoms with Crippen molar-refractivity contribution in [3.05, 3.63) is 24.1 Å². The summed E-state index contributed by atoms with van der Waals surface area (Å²) in [7, 11) is 0. The van der Waals surface area contributed by atoms with Gasteiger partial charge in [-0.05, 0) is 31.4 Å². The first-order valence-electron chi connectivity index (χ1n) is 10.4. The number of carbonyl (C=O) groups excluding carboxylic acids is 3. The second-order valence-corrected chi connectivity index (χ2v) is 7.61. The smallest absolute Gasteiger partial charge is 0.266 e. The molecule has 0 unspecified atom stereocenters. The number of hydrogen-bond acceptors (Lipinski definition) is 8. The molecular formula is C21H23N5O5. The number of furan rings is 1. The molecule has 0 atom stereocenters. The molecule has 0 saturated carbocycles. The summed E-state index contributed by atoms with van der Waals surface area (Å²) in [6, 6.07) is 5.48. The number of rotatable bonds is 7. The molecule has 2 saturated heterocycles. The lowest BCUT2D eigenvalue weighted by atomic mass is 9.96. The lowest BCUT2D eigenvalue weighted by Crippen LogP contribution is -2.41. The molecule has 4 rings (SSSR count). The monoisotopic (exact) mass is 425 g/mol. The Morgan fingerprint density at radius 2 is 2.00 bits per heavy atom. The van der Waals surface area contributed by atoms with Crippen LogP contribution in [0.1, 0.15) is 37.8 Å². The van der Waals surface area contributed by atoms with E-state index in [9.17, 15) is 19.6 Å². The number of likely N-dealkylation sites (tertiary alicyclic amines) is 1. The first-order chi connectivity index (χ1) is 15.1. The van der Waals surface area contributed by atoms with Crippen LogP contribution < -0.4 is 10.2 Å². The van der Waals surface area contributed by atoms with E-state index in [1.54, 1.807) is 12.1 Å². The molecule has 1 N–H and O–H groups in total. The molecule has 0 spiro atoms. The van der Waals surface area contributed by atoms with E-state index in [-0.39, 0.29) is 48.1 Å². The van der Waals surface area contributed by atoms with Crippen LogP contribution in [0.25, 0.3) is 11.7 Å². The number of amides is 3. The van der Waals surface area contributed by atoms with E-state index in [2.05, 4.69) is 16.4 Å². The predicted octanol–water partition coefficient (Wildman–Crippen LogP) is 1.68. The number of nitrogens with zero attached hydrogens (tertiary/aromatic N) is 4. The highest BCUT2D eigenvalue weighted by molar-refractivity contribution is 6.01. The van der Waals surface area contributed by atoms with Crippen LogP contribution >= 0.6 is 0 Å². The molecule has 0 bridgehead atoms. The number of nitrogens with one attached hydrogen (secondary N) is 1. The van der Waals surface area contributed by atoms with Crippen molar-refractivity contribution in [3.63, 3.8) is 0 Å². The van der Waals surface area contributed by atoms with Gasteiger partial charge in [0.05, 0.1) is 6.26 Å². The fourth-order valence-electron chi connectivity index (χ4n) is 3.92. The van der Waals surface area contributed by atoms with Gasteiger partial charge in [0.1, 0.15) is 6.07 Å². The van der Waals surface area contributed by atoms with Gasteiger partial charge in [-0.15, -0.1) is 0 Å². The minimum Gasteiger partial charge on any atom is -0.459 e. The quantitative estimate of drug-likeness (QED) is 0.523. The summed E-state index contributed by atoms with van der Waals surface area (Å²) in [5.74, 6) is 0.664. The maximum Gasteiger partial charge on any atom is 0.266 e. The summed E-state index contributed by atoms with van der Waals surface area (Å²) in [5, 5.41) is 12.3. The van der Waals surface area contributed by atoms with Crippen LogP contribution in [-0.2, 0) is 14.4 Å². The molecule has 0 aromatic carbocycles. The summed E-state index contributed by atoms with van der Waals surface area (Å²) in [4.78, 5) is 43.1. The van der Waals surface area contributed by atoms with Crippen molar-refractivity contribution in [3.8, 4) is 17.7 Å². The lowest BCUT2D eigenvalue weighted by Gasteiger charge is -2.31. The molecule has 0 aliphatic carbocycles. The van der Waals surface area contributed by atoms with Crippen LogP contribution in [0, 0.1) is 17.2 Å². The number of piperidine rings is 1.